The Kier molecular flexibility index (Phi) is 9.56. The molecule has 0 saturated carbocycles. The van der Waals surface area contributed by atoms with E-state index in [4.69, 9.17) is 9.47 Å². The number of ether oxygens (including phenoxy) is 2. The van der Waals surface area contributed by atoms with Crippen molar-refractivity contribution in [3.8, 4) is 0 Å². The number of esters is 1. The molecule has 9 heteroatoms. The number of hydrogen-bond donors (Lipinski definition) is 1. The summed E-state index contributed by atoms with van der Waals surface area (Å²) in [4.78, 5) is 46.2. The molecule has 2 aromatic rings. The summed E-state index contributed by atoms with van der Waals surface area (Å²) in [5.74, 6) is -0.557. The summed E-state index contributed by atoms with van der Waals surface area (Å²) < 4.78 is 10.4. The van der Waals surface area contributed by atoms with Crippen LogP contribution in [0.4, 0.5) is 10.5 Å². The third kappa shape index (κ3) is 7.46. The van der Waals surface area contributed by atoms with Crippen molar-refractivity contribution in [3.63, 3.8) is 0 Å². The number of piperidine rings is 2. The Morgan fingerprint density at radius 1 is 0.947 bits per heavy atom. The zero-order valence-electron chi connectivity index (χ0n) is 22.1. The first kappa shape index (κ1) is 27.4. The van der Waals surface area contributed by atoms with Gasteiger partial charge in [0.1, 0.15) is 12.6 Å². The number of nitrogens with zero attached hydrogens (tertiary/aromatic N) is 3. The summed E-state index contributed by atoms with van der Waals surface area (Å²) in [7, 11) is 0. The van der Waals surface area contributed by atoms with Crippen LogP contribution in [0.1, 0.15) is 51.0 Å². The molecule has 38 heavy (non-hydrogen) atoms. The lowest BCUT2D eigenvalue weighted by Crippen LogP contribution is -2.48. The SMILES string of the molecule is CCOC(=O)[C@H](CCC(=O)N1CCC2(CC1)CCN(c1ccncc1)CC2)NC(=O)OCc1ccccc1. The molecule has 0 bridgehead atoms. The molecule has 1 aromatic heterocycles. The molecule has 2 saturated heterocycles. The zero-order chi connectivity index (χ0) is 26.8. The Bertz CT molecular complexity index is 1050. The van der Waals surface area contributed by atoms with Crippen LogP contribution in [0.2, 0.25) is 0 Å². The van der Waals surface area contributed by atoms with Gasteiger partial charge in [0.05, 0.1) is 6.61 Å². The number of anilines is 1. The maximum atomic E-state index is 13.0. The zero-order valence-corrected chi connectivity index (χ0v) is 22.1. The maximum Gasteiger partial charge on any atom is 0.408 e. The van der Waals surface area contributed by atoms with E-state index in [9.17, 15) is 14.4 Å². The Balaban J connectivity index is 1.22. The lowest BCUT2D eigenvalue weighted by atomic mass is 9.71. The Labute approximate surface area is 224 Å². The van der Waals surface area contributed by atoms with Crippen molar-refractivity contribution < 1.29 is 23.9 Å². The Morgan fingerprint density at radius 2 is 1.61 bits per heavy atom. The van der Waals surface area contributed by atoms with Gasteiger partial charge >= 0.3 is 12.1 Å². The molecule has 2 fully saturated rings. The van der Waals surface area contributed by atoms with E-state index in [1.54, 1.807) is 6.92 Å². The van der Waals surface area contributed by atoms with Crippen LogP contribution in [-0.4, -0.2) is 66.7 Å². The number of carbonyl (C=O) groups is 3. The minimum Gasteiger partial charge on any atom is -0.464 e. The summed E-state index contributed by atoms with van der Waals surface area (Å²) >= 11 is 0. The van der Waals surface area contributed by atoms with Crippen LogP contribution in [0, 0.1) is 5.41 Å². The molecule has 9 nitrogen and oxygen atoms in total. The predicted molar refractivity (Wildman–Crippen MR) is 143 cm³/mol. The standard InChI is InChI=1S/C29H38N4O5/c1-2-37-27(35)25(31-28(36)38-22-23-6-4-3-5-7-23)8-9-26(34)33-20-14-29(15-21-33)12-18-32(19-13-29)24-10-16-30-17-11-24/h3-7,10-11,16-17,25H,2,8-9,12-15,18-22H2,1H3,(H,31,36)/t25-/m0/s1. The van der Waals surface area contributed by atoms with Crippen LogP contribution in [0.5, 0.6) is 0 Å². The van der Waals surface area contributed by atoms with Gasteiger partial charge < -0.3 is 24.6 Å². The van der Waals surface area contributed by atoms with Gasteiger partial charge in [0.15, 0.2) is 0 Å². The van der Waals surface area contributed by atoms with Gasteiger partial charge in [-0.15, -0.1) is 0 Å². The van der Waals surface area contributed by atoms with Crippen molar-refractivity contribution in [3.05, 3.63) is 60.4 Å². The lowest BCUT2D eigenvalue weighted by molar-refractivity contribution is -0.146. The molecular weight excluding hydrogens is 484 g/mol. The number of carbonyl (C=O) groups excluding carboxylic acids is 3. The average molecular weight is 523 g/mol. The maximum absolute atomic E-state index is 13.0. The van der Waals surface area contributed by atoms with Gasteiger partial charge in [0, 0.05) is 50.7 Å². The van der Waals surface area contributed by atoms with E-state index in [1.807, 2.05) is 47.6 Å². The molecular formula is C29H38N4O5. The smallest absolute Gasteiger partial charge is 0.408 e. The van der Waals surface area contributed by atoms with E-state index < -0.39 is 18.1 Å². The van der Waals surface area contributed by atoms with Crippen molar-refractivity contribution in [1.29, 1.82) is 0 Å². The van der Waals surface area contributed by atoms with Crippen LogP contribution in [0.3, 0.4) is 0 Å². The van der Waals surface area contributed by atoms with E-state index in [1.165, 1.54) is 5.69 Å². The number of nitrogens with one attached hydrogen (secondary N) is 1. The fourth-order valence-corrected chi connectivity index (χ4v) is 5.35. The number of hydrogen-bond acceptors (Lipinski definition) is 7. The second-order valence-corrected chi connectivity index (χ2v) is 10.1. The molecule has 0 radical (unpaired) electrons. The van der Waals surface area contributed by atoms with Gasteiger partial charge in [-0.25, -0.2) is 9.59 Å². The number of likely N-dealkylation sites (tertiary alicyclic amines) is 1. The minimum atomic E-state index is -0.934. The monoisotopic (exact) mass is 522 g/mol. The Hall–Kier alpha value is -3.62. The third-order valence-corrected chi connectivity index (χ3v) is 7.75. The summed E-state index contributed by atoms with van der Waals surface area (Å²) in [5, 5.41) is 2.58. The van der Waals surface area contributed by atoms with Gasteiger partial charge in [0.25, 0.3) is 0 Å². The molecule has 0 unspecified atom stereocenters. The van der Waals surface area contributed by atoms with E-state index >= 15 is 0 Å². The minimum absolute atomic E-state index is 0.00261. The average Bonchev–Trinajstić information content (AvgIpc) is 2.96. The fraction of sp³-hybridized carbons (Fsp3) is 0.517. The van der Waals surface area contributed by atoms with Gasteiger partial charge in [0.2, 0.25) is 5.91 Å². The number of rotatable bonds is 9. The number of amides is 2. The normalized spacial score (nSPS) is 17.5. The number of pyridine rings is 1. The number of benzene rings is 1. The van der Waals surface area contributed by atoms with Crippen molar-refractivity contribution >= 4 is 23.7 Å². The van der Waals surface area contributed by atoms with E-state index in [2.05, 4.69) is 27.3 Å². The second-order valence-electron chi connectivity index (χ2n) is 10.1. The van der Waals surface area contributed by atoms with E-state index in [-0.39, 0.29) is 37.4 Å². The quantitative estimate of drug-likeness (QED) is 0.498. The van der Waals surface area contributed by atoms with E-state index in [0.29, 0.717) is 0 Å². The molecule has 1 aromatic carbocycles. The molecule has 4 rings (SSSR count). The molecule has 0 aliphatic carbocycles. The van der Waals surface area contributed by atoms with Gasteiger partial charge in [-0.1, -0.05) is 30.3 Å². The number of aromatic nitrogens is 1. The molecule has 1 N–H and O–H groups in total. The van der Waals surface area contributed by atoms with Crippen LogP contribution < -0.4 is 10.2 Å². The molecule has 1 spiro atoms. The summed E-state index contributed by atoms with van der Waals surface area (Å²) in [6.07, 6.45) is 7.51. The van der Waals surface area contributed by atoms with Crippen molar-refractivity contribution in [1.82, 2.24) is 15.2 Å². The molecule has 2 aliphatic rings. The largest absolute Gasteiger partial charge is 0.464 e. The van der Waals surface area contributed by atoms with Crippen LogP contribution in [0.25, 0.3) is 0 Å². The molecule has 3 heterocycles. The van der Waals surface area contributed by atoms with E-state index in [0.717, 1.165) is 57.4 Å². The fourth-order valence-electron chi connectivity index (χ4n) is 5.35. The lowest BCUT2D eigenvalue weighted by Gasteiger charge is -2.47. The summed E-state index contributed by atoms with van der Waals surface area (Å²) in [5.41, 5.74) is 2.35. The highest BCUT2D eigenvalue weighted by Gasteiger charge is 2.38. The number of alkyl carbamates (subject to hydrolysis) is 1. The Morgan fingerprint density at radius 3 is 2.26 bits per heavy atom. The van der Waals surface area contributed by atoms with Crippen LogP contribution in [-0.2, 0) is 25.7 Å². The van der Waals surface area contributed by atoms with Gasteiger partial charge in [-0.2, -0.15) is 0 Å². The topological polar surface area (TPSA) is 101 Å². The second kappa shape index (κ2) is 13.3. The van der Waals surface area contributed by atoms with Crippen molar-refractivity contribution in [2.75, 3.05) is 37.7 Å². The highest BCUT2D eigenvalue weighted by Crippen LogP contribution is 2.42. The highest BCUT2D eigenvalue weighted by atomic mass is 16.6. The first-order chi connectivity index (χ1) is 18.5. The molecule has 2 aliphatic heterocycles. The molecule has 2 amide bonds. The predicted octanol–water partition coefficient (Wildman–Crippen LogP) is 3.93. The molecule has 204 valence electrons. The van der Waals surface area contributed by atoms with Crippen molar-refractivity contribution in [2.24, 2.45) is 5.41 Å². The highest BCUT2D eigenvalue weighted by molar-refractivity contribution is 5.83. The summed E-state index contributed by atoms with van der Waals surface area (Å²) in [6, 6.07) is 12.5. The van der Waals surface area contributed by atoms with Crippen LogP contribution >= 0.6 is 0 Å². The molecule has 1 atom stereocenters. The van der Waals surface area contributed by atoms with Crippen LogP contribution in [0.15, 0.2) is 54.9 Å². The van der Waals surface area contributed by atoms with Gasteiger partial charge in [-0.3, -0.25) is 9.78 Å². The summed E-state index contributed by atoms with van der Waals surface area (Å²) in [6.45, 7) is 5.48. The first-order valence-corrected chi connectivity index (χ1v) is 13.5. The van der Waals surface area contributed by atoms with Gasteiger partial charge in [-0.05, 0) is 62.1 Å². The van der Waals surface area contributed by atoms with Crippen molar-refractivity contribution in [2.45, 2.75) is 58.1 Å². The first-order valence-electron chi connectivity index (χ1n) is 13.5. The third-order valence-electron chi connectivity index (χ3n) is 7.75.